The molecule has 2 aromatic carbocycles. The molecule has 0 aliphatic heterocycles. The van der Waals surface area contributed by atoms with Crippen LogP contribution in [0.4, 0.5) is 8.78 Å². The van der Waals surface area contributed by atoms with E-state index < -0.39 is 28.4 Å². The number of carbonyl (C=O) groups excluding carboxylic acids is 1. The third-order valence-electron chi connectivity index (χ3n) is 4.23. The summed E-state index contributed by atoms with van der Waals surface area (Å²) in [5, 5.41) is 9.05. The topological polar surface area (TPSA) is 121 Å². The maximum atomic E-state index is 12.9. The summed E-state index contributed by atoms with van der Waals surface area (Å²) in [5.41, 5.74) is 6.55. The molecule has 1 aromatic heterocycles. The number of benzene rings is 2. The third kappa shape index (κ3) is 4.44. The van der Waals surface area contributed by atoms with Crippen LogP contribution < -0.4 is 10.9 Å². The number of primary amides is 1. The predicted octanol–water partition coefficient (Wildman–Crippen LogP) is 2.86. The van der Waals surface area contributed by atoms with Gasteiger partial charge in [0.25, 0.3) is 0 Å². The minimum absolute atomic E-state index is 0.192. The number of primary sulfonamides is 1. The Morgan fingerprint density at radius 2 is 1.83 bits per heavy atom. The Balaban J connectivity index is 2.24. The van der Waals surface area contributed by atoms with Crippen molar-refractivity contribution in [1.29, 1.82) is 0 Å². The van der Waals surface area contributed by atoms with E-state index in [1.807, 2.05) is 0 Å². The first kappa shape index (κ1) is 20.9. The molecular formula is C18H15ClF2N4O3S. The second kappa shape index (κ2) is 7.90. The van der Waals surface area contributed by atoms with E-state index in [1.165, 1.54) is 18.2 Å². The molecule has 1 atom stereocenters. The van der Waals surface area contributed by atoms with Crippen molar-refractivity contribution < 1.29 is 22.0 Å². The summed E-state index contributed by atoms with van der Waals surface area (Å²) in [6.07, 6.45) is 2.19. The Bertz CT molecular complexity index is 1180. The van der Waals surface area contributed by atoms with Crippen LogP contribution in [-0.4, -0.2) is 24.1 Å². The molecule has 1 heterocycles. The first-order valence-electron chi connectivity index (χ1n) is 8.12. The molecule has 0 radical (unpaired) electrons. The zero-order valence-electron chi connectivity index (χ0n) is 14.7. The van der Waals surface area contributed by atoms with E-state index in [9.17, 15) is 22.0 Å². The highest BCUT2D eigenvalue weighted by Crippen LogP contribution is 2.34. The van der Waals surface area contributed by atoms with Crippen LogP contribution in [0.25, 0.3) is 11.1 Å². The summed E-state index contributed by atoms with van der Waals surface area (Å²) in [6, 6.07) is 10.3. The zero-order chi connectivity index (χ0) is 21.3. The Kier molecular flexibility index (Phi) is 5.69. The maximum Gasteiger partial charge on any atom is 0.333 e. The lowest BCUT2D eigenvalue weighted by Crippen LogP contribution is -2.23. The average Bonchev–Trinajstić information content (AvgIpc) is 3.13. The number of nitrogens with two attached hydrogens (primary N) is 2. The monoisotopic (exact) mass is 440 g/mol. The molecule has 29 heavy (non-hydrogen) atoms. The van der Waals surface area contributed by atoms with Gasteiger partial charge in [-0.15, -0.1) is 0 Å². The molecule has 3 rings (SSSR count). The fraction of sp³-hybridized carbons (Fsp3) is 0.111. The van der Waals surface area contributed by atoms with Crippen molar-refractivity contribution in [2.45, 2.75) is 17.4 Å². The summed E-state index contributed by atoms with van der Waals surface area (Å²) < 4.78 is 50.1. The molecule has 152 valence electrons. The van der Waals surface area contributed by atoms with Gasteiger partial charge in [-0.2, -0.15) is 13.9 Å². The standard InChI is InChI=1S/C18H15ClF2N4O3S/c19-15-4-2-1-3-14(15)16(17(22)26)11-5-10(6-13(7-11)29(23,27)28)12-8-24-25(9-12)18(20)21/h1-9,16,18H,(H2,22,26)(H2,23,27,28). The van der Waals surface area contributed by atoms with Gasteiger partial charge in [0, 0.05) is 16.8 Å². The van der Waals surface area contributed by atoms with E-state index in [2.05, 4.69) is 5.10 Å². The molecule has 0 bridgehead atoms. The number of rotatable bonds is 6. The van der Waals surface area contributed by atoms with Gasteiger partial charge in [-0.05, 0) is 41.0 Å². The van der Waals surface area contributed by atoms with Crippen molar-refractivity contribution in [3.63, 3.8) is 0 Å². The molecule has 0 saturated heterocycles. The van der Waals surface area contributed by atoms with Gasteiger partial charge in [-0.25, -0.2) is 18.2 Å². The zero-order valence-corrected chi connectivity index (χ0v) is 16.2. The van der Waals surface area contributed by atoms with E-state index in [4.69, 9.17) is 22.5 Å². The van der Waals surface area contributed by atoms with Gasteiger partial charge in [0.2, 0.25) is 15.9 Å². The highest BCUT2D eigenvalue weighted by Gasteiger charge is 2.25. The number of hydrogen-bond acceptors (Lipinski definition) is 4. The number of nitrogens with zero attached hydrogens (tertiary/aromatic N) is 2. The molecule has 1 amide bonds. The van der Waals surface area contributed by atoms with E-state index in [-0.39, 0.29) is 26.6 Å². The number of aromatic nitrogens is 2. The highest BCUT2D eigenvalue weighted by atomic mass is 35.5. The SMILES string of the molecule is NC(=O)C(c1cc(-c2cnn(C(F)F)c2)cc(S(N)(=O)=O)c1)c1ccccc1Cl. The molecule has 0 aliphatic carbocycles. The number of hydrogen-bond donors (Lipinski definition) is 2. The van der Waals surface area contributed by atoms with Crippen LogP contribution in [0.15, 0.2) is 59.8 Å². The molecule has 1 unspecified atom stereocenters. The number of carbonyl (C=O) groups is 1. The van der Waals surface area contributed by atoms with Crippen LogP contribution in [0, 0.1) is 0 Å². The van der Waals surface area contributed by atoms with E-state index >= 15 is 0 Å². The van der Waals surface area contributed by atoms with Crippen molar-refractivity contribution in [2.75, 3.05) is 0 Å². The number of alkyl halides is 2. The van der Waals surface area contributed by atoms with Gasteiger partial charge >= 0.3 is 6.55 Å². The summed E-state index contributed by atoms with van der Waals surface area (Å²) in [7, 11) is -4.18. The summed E-state index contributed by atoms with van der Waals surface area (Å²) in [6.45, 7) is -2.87. The number of amides is 1. The fourth-order valence-corrected chi connectivity index (χ4v) is 3.76. The van der Waals surface area contributed by atoms with Crippen LogP contribution in [-0.2, 0) is 14.8 Å². The first-order chi connectivity index (χ1) is 13.6. The third-order valence-corrected chi connectivity index (χ3v) is 5.46. The number of sulfonamides is 1. The molecule has 0 fully saturated rings. The van der Waals surface area contributed by atoms with Gasteiger partial charge in [0.1, 0.15) is 0 Å². The minimum atomic E-state index is -4.18. The van der Waals surface area contributed by atoms with Crippen LogP contribution in [0.5, 0.6) is 0 Å². The van der Waals surface area contributed by atoms with E-state index in [0.717, 1.165) is 12.4 Å². The van der Waals surface area contributed by atoms with Crippen molar-refractivity contribution in [3.05, 3.63) is 71.0 Å². The average molecular weight is 441 g/mol. The quantitative estimate of drug-likeness (QED) is 0.612. The molecule has 3 aromatic rings. The summed E-state index contributed by atoms with van der Waals surface area (Å²) in [5.74, 6) is -1.87. The highest BCUT2D eigenvalue weighted by molar-refractivity contribution is 7.89. The molecular weight excluding hydrogens is 426 g/mol. The van der Waals surface area contributed by atoms with Crippen LogP contribution in [0.3, 0.4) is 0 Å². The lowest BCUT2D eigenvalue weighted by molar-refractivity contribution is -0.118. The maximum absolute atomic E-state index is 12.9. The van der Waals surface area contributed by atoms with Crippen molar-refractivity contribution in [1.82, 2.24) is 9.78 Å². The minimum Gasteiger partial charge on any atom is -0.369 e. The Morgan fingerprint density at radius 3 is 2.38 bits per heavy atom. The molecule has 0 spiro atoms. The summed E-state index contributed by atoms with van der Waals surface area (Å²) in [4.78, 5) is 11.9. The fourth-order valence-electron chi connectivity index (χ4n) is 2.92. The summed E-state index contributed by atoms with van der Waals surface area (Å²) >= 11 is 6.19. The van der Waals surface area contributed by atoms with Crippen LogP contribution in [0.2, 0.25) is 5.02 Å². The lowest BCUT2D eigenvalue weighted by atomic mass is 9.89. The van der Waals surface area contributed by atoms with Gasteiger partial charge in [-0.3, -0.25) is 4.79 Å². The van der Waals surface area contributed by atoms with E-state index in [0.29, 0.717) is 10.2 Å². The van der Waals surface area contributed by atoms with Crippen LogP contribution in [0.1, 0.15) is 23.6 Å². The van der Waals surface area contributed by atoms with Crippen molar-refractivity contribution >= 4 is 27.5 Å². The molecule has 0 aliphatic rings. The second-order valence-corrected chi connectivity index (χ2v) is 8.15. The van der Waals surface area contributed by atoms with Gasteiger partial charge < -0.3 is 5.73 Å². The smallest absolute Gasteiger partial charge is 0.333 e. The molecule has 0 saturated carbocycles. The predicted molar refractivity (Wildman–Crippen MR) is 103 cm³/mol. The second-order valence-electron chi connectivity index (χ2n) is 6.18. The van der Waals surface area contributed by atoms with Crippen molar-refractivity contribution in [3.8, 4) is 11.1 Å². The normalized spacial score (nSPS) is 12.9. The molecule has 11 heteroatoms. The van der Waals surface area contributed by atoms with E-state index in [1.54, 1.807) is 24.3 Å². The Labute approximate surface area is 169 Å². The van der Waals surface area contributed by atoms with Crippen molar-refractivity contribution in [2.24, 2.45) is 10.9 Å². The van der Waals surface area contributed by atoms with Crippen LogP contribution >= 0.6 is 11.6 Å². The number of halogens is 3. The largest absolute Gasteiger partial charge is 0.369 e. The molecule has 4 N–H and O–H groups in total. The van der Waals surface area contributed by atoms with Gasteiger partial charge in [0.05, 0.1) is 17.0 Å². The first-order valence-corrected chi connectivity index (χ1v) is 10.0. The Hall–Kier alpha value is -2.82. The van der Waals surface area contributed by atoms with Gasteiger partial charge in [0.15, 0.2) is 0 Å². The lowest BCUT2D eigenvalue weighted by Gasteiger charge is -2.18. The van der Waals surface area contributed by atoms with Gasteiger partial charge in [-0.1, -0.05) is 29.8 Å². The Morgan fingerprint density at radius 1 is 1.14 bits per heavy atom. The molecule has 7 nitrogen and oxygen atoms in total.